The molecule has 0 bridgehead atoms. The Morgan fingerprint density at radius 3 is 2.70 bits per heavy atom. The van der Waals surface area contributed by atoms with Gasteiger partial charge in [0.15, 0.2) is 5.11 Å². The number of carbonyl (C=O) groups is 1. The van der Waals surface area contributed by atoms with Crippen molar-refractivity contribution in [1.82, 2.24) is 0 Å². The number of esters is 1. The summed E-state index contributed by atoms with van der Waals surface area (Å²) in [5.41, 5.74) is 2.14. The summed E-state index contributed by atoms with van der Waals surface area (Å²) in [5.74, 6) is -0.696. The van der Waals surface area contributed by atoms with Gasteiger partial charge in [-0.05, 0) is 56.4 Å². The normalized spacial score (nSPS) is 10.0. The molecule has 2 rings (SSSR count). The van der Waals surface area contributed by atoms with Crippen LogP contribution in [0.25, 0.3) is 0 Å². The van der Waals surface area contributed by atoms with Gasteiger partial charge in [0, 0.05) is 16.9 Å². The molecule has 23 heavy (non-hydrogen) atoms. The molecular weight excluding hydrogens is 315 g/mol. The van der Waals surface area contributed by atoms with E-state index >= 15 is 0 Å². The zero-order valence-corrected chi connectivity index (χ0v) is 13.7. The van der Waals surface area contributed by atoms with Crippen LogP contribution in [0.5, 0.6) is 0 Å². The van der Waals surface area contributed by atoms with E-state index < -0.39 is 5.97 Å². The Kier molecular flexibility index (Phi) is 5.65. The van der Waals surface area contributed by atoms with E-state index in [1.807, 2.05) is 0 Å². The third-order valence-electron chi connectivity index (χ3n) is 3.15. The Morgan fingerprint density at radius 1 is 1.22 bits per heavy atom. The second-order valence-electron chi connectivity index (χ2n) is 4.79. The van der Waals surface area contributed by atoms with Crippen LogP contribution in [0, 0.1) is 12.7 Å². The van der Waals surface area contributed by atoms with Crippen LogP contribution in [0.4, 0.5) is 15.8 Å². The van der Waals surface area contributed by atoms with Crippen LogP contribution in [-0.4, -0.2) is 17.7 Å². The van der Waals surface area contributed by atoms with Crippen molar-refractivity contribution in [2.75, 3.05) is 17.2 Å². The first-order valence-electron chi connectivity index (χ1n) is 7.11. The minimum Gasteiger partial charge on any atom is -0.462 e. The van der Waals surface area contributed by atoms with Crippen molar-refractivity contribution in [2.45, 2.75) is 13.8 Å². The highest BCUT2D eigenvalue weighted by Gasteiger charge is 2.08. The molecule has 2 N–H and O–H groups in total. The van der Waals surface area contributed by atoms with Crippen LogP contribution in [0.3, 0.4) is 0 Å². The summed E-state index contributed by atoms with van der Waals surface area (Å²) in [6.45, 7) is 3.73. The number of ether oxygens (including phenoxy) is 1. The summed E-state index contributed by atoms with van der Waals surface area (Å²) < 4.78 is 18.5. The maximum atomic E-state index is 13.5. The van der Waals surface area contributed by atoms with E-state index in [0.29, 0.717) is 34.2 Å². The average molecular weight is 332 g/mol. The Labute approximate surface area is 139 Å². The van der Waals surface area contributed by atoms with Gasteiger partial charge in [-0.25, -0.2) is 9.18 Å². The summed E-state index contributed by atoms with van der Waals surface area (Å²) >= 11 is 5.22. The van der Waals surface area contributed by atoms with Gasteiger partial charge in [-0.15, -0.1) is 0 Å². The molecule has 0 aliphatic heterocycles. The minimum absolute atomic E-state index is 0.304. The van der Waals surface area contributed by atoms with E-state index in [2.05, 4.69) is 10.6 Å². The van der Waals surface area contributed by atoms with E-state index in [0.717, 1.165) is 0 Å². The van der Waals surface area contributed by atoms with Crippen molar-refractivity contribution >= 4 is 34.7 Å². The topological polar surface area (TPSA) is 50.4 Å². The first-order chi connectivity index (χ1) is 11.0. The van der Waals surface area contributed by atoms with Gasteiger partial charge < -0.3 is 15.4 Å². The number of nitrogens with one attached hydrogen (secondary N) is 2. The van der Waals surface area contributed by atoms with E-state index in [-0.39, 0.29) is 5.82 Å². The van der Waals surface area contributed by atoms with Crippen LogP contribution >= 0.6 is 12.2 Å². The van der Waals surface area contributed by atoms with Crippen molar-refractivity contribution < 1.29 is 13.9 Å². The van der Waals surface area contributed by atoms with Crippen molar-refractivity contribution in [3.63, 3.8) is 0 Å². The maximum Gasteiger partial charge on any atom is 0.338 e. The van der Waals surface area contributed by atoms with Gasteiger partial charge in [0.1, 0.15) is 5.82 Å². The van der Waals surface area contributed by atoms with Crippen LogP contribution in [0.2, 0.25) is 0 Å². The van der Waals surface area contributed by atoms with Gasteiger partial charge >= 0.3 is 5.97 Å². The van der Waals surface area contributed by atoms with Gasteiger partial charge in [-0.1, -0.05) is 12.1 Å². The molecule has 6 heteroatoms. The quantitative estimate of drug-likeness (QED) is 0.651. The van der Waals surface area contributed by atoms with E-state index in [1.54, 1.807) is 50.2 Å². The first-order valence-corrected chi connectivity index (χ1v) is 7.52. The Morgan fingerprint density at radius 2 is 1.96 bits per heavy atom. The molecule has 2 aromatic carbocycles. The predicted molar refractivity (Wildman–Crippen MR) is 93.4 cm³/mol. The van der Waals surface area contributed by atoms with Gasteiger partial charge in [0.2, 0.25) is 0 Å². The molecule has 120 valence electrons. The minimum atomic E-state index is -0.393. The van der Waals surface area contributed by atoms with E-state index in [1.165, 1.54) is 6.07 Å². The summed E-state index contributed by atoms with van der Waals surface area (Å²) in [7, 11) is 0. The molecule has 0 spiro atoms. The lowest BCUT2D eigenvalue weighted by atomic mass is 10.2. The van der Waals surface area contributed by atoms with Crippen molar-refractivity contribution in [1.29, 1.82) is 0 Å². The van der Waals surface area contributed by atoms with Crippen molar-refractivity contribution in [3.8, 4) is 0 Å². The molecule has 0 aromatic heterocycles. The number of rotatable bonds is 4. The highest BCUT2D eigenvalue weighted by Crippen LogP contribution is 2.18. The summed E-state index contributed by atoms with van der Waals surface area (Å²) in [6, 6.07) is 11.5. The molecule has 0 atom stereocenters. The standard InChI is InChI=1S/C17H17FN2O2S/c1-3-22-16(21)12-6-4-7-13(10-12)19-17(23)20-15-9-5-8-14(18)11(15)2/h4-10H,3H2,1-2H3,(H2,19,20,23). The number of anilines is 2. The van der Waals surface area contributed by atoms with Crippen LogP contribution in [-0.2, 0) is 4.74 Å². The number of carbonyl (C=O) groups excluding carboxylic acids is 1. The second-order valence-corrected chi connectivity index (χ2v) is 5.20. The smallest absolute Gasteiger partial charge is 0.338 e. The molecule has 0 saturated carbocycles. The zero-order chi connectivity index (χ0) is 16.8. The fourth-order valence-corrected chi connectivity index (χ4v) is 2.19. The van der Waals surface area contributed by atoms with Crippen LogP contribution in [0.15, 0.2) is 42.5 Å². The summed E-state index contributed by atoms with van der Waals surface area (Å²) in [4.78, 5) is 11.7. The van der Waals surface area contributed by atoms with Gasteiger partial charge in [-0.2, -0.15) is 0 Å². The lowest BCUT2D eigenvalue weighted by Crippen LogP contribution is -2.20. The predicted octanol–water partition coefficient (Wildman–Crippen LogP) is 4.12. The number of halogens is 1. The van der Waals surface area contributed by atoms with Crippen molar-refractivity contribution in [3.05, 3.63) is 59.4 Å². The molecular formula is C17H17FN2O2S. The summed E-state index contributed by atoms with van der Waals surface area (Å²) in [6.07, 6.45) is 0. The maximum absolute atomic E-state index is 13.5. The van der Waals surface area contributed by atoms with Gasteiger partial charge in [-0.3, -0.25) is 0 Å². The molecule has 2 aromatic rings. The monoisotopic (exact) mass is 332 g/mol. The molecule has 0 saturated heterocycles. The van der Waals surface area contributed by atoms with E-state index in [9.17, 15) is 9.18 Å². The number of hydrogen-bond donors (Lipinski definition) is 2. The third-order valence-corrected chi connectivity index (χ3v) is 3.35. The Balaban J connectivity index is 2.07. The van der Waals surface area contributed by atoms with Gasteiger partial charge in [0.25, 0.3) is 0 Å². The number of thiocarbonyl (C=S) groups is 1. The summed E-state index contributed by atoms with van der Waals surface area (Å²) in [5, 5.41) is 6.21. The lowest BCUT2D eigenvalue weighted by Gasteiger charge is -2.13. The first kappa shape index (κ1) is 16.9. The number of hydrogen-bond acceptors (Lipinski definition) is 3. The largest absolute Gasteiger partial charge is 0.462 e. The highest BCUT2D eigenvalue weighted by molar-refractivity contribution is 7.80. The Hall–Kier alpha value is -2.47. The van der Waals surface area contributed by atoms with Crippen LogP contribution in [0.1, 0.15) is 22.8 Å². The van der Waals surface area contributed by atoms with Crippen molar-refractivity contribution in [2.24, 2.45) is 0 Å². The fraction of sp³-hybridized carbons (Fsp3) is 0.176. The SMILES string of the molecule is CCOC(=O)c1cccc(NC(=S)Nc2cccc(F)c2C)c1. The molecule has 0 radical (unpaired) electrons. The average Bonchev–Trinajstić information content (AvgIpc) is 2.52. The molecule has 0 aliphatic carbocycles. The number of benzene rings is 2. The highest BCUT2D eigenvalue weighted by atomic mass is 32.1. The van der Waals surface area contributed by atoms with Crippen LogP contribution < -0.4 is 10.6 Å². The van der Waals surface area contributed by atoms with E-state index in [4.69, 9.17) is 17.0 Å². The second kappa shape index (κ2) is 7.69. The molecule has 0 amide bonds. The molecule has 0 unspecified atom stereocenters. The zero-order valence-electron chi connectivity index (χ0n) is 12.9. The molecule has 0 fully saturated rings. The fourth-order valence-electron chi connectivity index (χ4n) is 1.97. The molecule has 0 heterocycles. The molecule has 0 aliphatic rings. The molecule has 4 nitrogen and oxygen atoms in total. The lowest BCUT2D eigenvalue weighted by molar-refractivity contribution is 0.0526. The Bertz CT molecular complexity index is 734. The third kappa shape index (κ3) is 4.50. The van der Waals surface area contributed by atoms with Gasteiger partial charge in [0.05, 0.1) is 12.2 Å².